The van der Waals surface area contributed by atoms with Gasteiger partial charge in [0.1, 0.15) is 0 Å². The molecular formula is C33H48NY3-3. The number of nitriles is 1. The molecule has 0 aliphatic rings. The van der Waals surface area contributed by atoms with Crippen molar-refractivity contribution in [2.24, 2.45) is 0 Å². The van der Waals surface area contributed by atoms with Crippen LogP contribution in [0.15, 0.2) is 36.4 Å². The summed E-state index contributed by atoms with van der Waals surface area (Å²) in [6, 6.07) is 23.5. The third kappa shape index (κ3) is 25.2. The maximum atomic E-state index is 8.53. The Labute approximate surface area is 307 Å². The summed E-state index contributed by atoms with van der Waals surface area (Å²) in [7, 11) is 0. The largest absolute Gasteiger partial charge is 0.262 e. The van der Waals surface area contributed by atoms with Crippen LogP contribution in [0.3, 0.4) is 0 Å². The Kier molecular flexibility index (Phi) is 44.4. The van der Waals surface area contributed by atoms with Gasteiger partial charge in [0.15, 0.2) is 0 Å². The van der Waals surface area contributed by atoms with E-state index in [4.69, 9.17) is 5.26 Å². The van der Waals surface area contributed by atoms with Crippen molar-refractivity contribution < 1.29 is 98.1 Å². The molecule has 3 radical (unpaired) electrons. The number of hydrogen-bond donors (Lipinski definition) is 0. The molecule has 1 nitrogen and oxygen atoms in total. The Morgan fingerprint density at radius 2 is 0.757 bits per heavy atom. The van der Waals surface area contributed by atoms with Crippen molar-refractivity contribution in [2.45, 2.75) is 96.9 Å². The molecule has 0 unspecified atom stereocenters. The maximum Gasteiger partial charge on any atom is 0 e. The van der Waals surface area contributed by atoms with E-state index in [1.807, 2.05) is 79.7 Å². The van der Waals surface area contributed by atoms with Gasteiger partial charge in [-0.2, -0.15) is 69.8 Å². The Morgan fingerprint density at radius 1 is 0.486 bits per heavy atom. The Balaban J connectivity index is -0.0000000852. The van der Waals surface area contributed by atoms with Crippen LogP contribution in [0.5, 0.6) is 0 Å². The van der Waals surface area contributed by atoms with Gasteiger partial charge in [0.05, 0.1) is 0 Å². The van der Waals surface area contributed by atoms with Crippen LogP contribution in [0.4, 0.5) is 0 Å². The summed E-state index contributed by atoms with van der Waals surface area (Å²) in [4.78, 5) is 0. The van der Waals surface area contributed by atoms with Crippen LogP contribution < -0.4 is 0 Å². The van der Waals surface area contributed by atoms with Crippen molar-refractivity contribution in [3.05, 3.63) is 105 Å². The Morgan fingerprint density at radius 3 is 0.973 bits per heavy atom. The minimum atomic E-state index is 0. The van der Waals surface area contributed by atoms with E-state index in [0.717, 1.165) is 11.1 Å². The molecule has 0 bridgehead atoms. The van der Waals surface area contributed by atoms with E-state index in [-0.39, 0.29) is 98.1 Å². The average Bonchev–Trinajstić information content (AvgIpc) is 2.84. The zero-order valence-corrected chi connectivity index (χ0v) is 34.7. The molecular weight excluding hydrogens is 677 g/mol. The van der Waals surface area contributed by atoms with Crippen LogP contribution in [0.2, 0.25) is 0 Å². The molecule has 0 heterocycles. The van der Waals surface area contributed by atoms with Crippen LogP contribution in [-0.2, 0) is 98.1 Å². The molecule has 0 saturated heterocycles. The van der Waals surface area contributed by atoms with E-state index in [2.05, 4.69) is 77.9 Å². The normalized spacial score (nSPS) is 7.59. The van der Waals surface area contributed by atoms with Gasteiger partial charge in [0, 0.05) is 98.1 Å². The van der Waals surface area contributed by atoms with E-state index >= 15 is 0 Å². The third-order valence-electron chi connectivity index (χ3n) is 4.50. The predicted octanol–water partition coefficient (Wildman–Crippen LogP) is 9.87. The van der Waals surface area contributed by atoms with Crippen molar-refractivity contribution in [1.82, 2.24) is 0 Å². The smallest absolute Gasteiger partial charge is 0 e. The molecule has 0 aliphatic heterocycles. The fourth-order valence-corrected chi connectivity index (χ4v) is 2.53. The van der Waals surface area contributed by atoms with E-state index < -0.39 is 0 Å². The van der Waals surface area contributed by atoms with Gasteiger partial charge in [-0.15, -0.1) is 29.3 Å². The maximum absolute atomic E-state index is 8.53. The van der Waals surface area contributed by atoms with Crippen LogP contribution in [0.25, 0.3) is 0 Å². The van der Waals surface area contributed by atoms with Crippen molar-refractivity contribution in [3.63, 3.8) is 0 Å². The minimum absolute atomic E-state index is 0. The van der Waals surface area contributed by atoms with Crippen LogP contribution >= 0.6 is 0 Å². The van der Waals surface area contributed by atoms with Gasteiger partial charge in [-0.05, 0) is 6.07 Å². The molecule has 0 atom stereocenters. The molecule has 197 valence electrons. The molecule has 3 rings (SSSR count). The van der Waals surface area contributed by atoms with Crippen LogP contribution in [-0.4, -0.2) is 0 Å². The quantitative estimate of drug-likeness (QED) is 0.212. The molecule has 0 fully saturated rings. The molecule has 0 aromatic heterocycles. The number of hydrogen-bond acceptors (Lipinski definition) is 1. The van der Waals surface area contributed by atoms with Gasteiger partial charge >= 0.3 is 0 Å². The second-order valence-electron chi connectivity index (χ2n) is 7.32. The predicted molar refractivity (Wildman–Crippen MR) is 152 cm³/mol. The van der Waals surface area contributed by atoms with Gasteiger partial charge < -0.3 is 0 Å². The Bertz CT molecular complexity index is 924. The molecule has 0 N–H and O–H groups in total. The molecule has 3 aromatic rings. The second-order valence-corrected chi connectivity index (χ2v) is 7.32. The zero-order valence-electron chi connectivity index (χ0n) is 26.1. The van der Waals surface area contributed by atoms with Crippen molar-refractivity contribution >= 4 is 0 Å². The summed E-state index contributed by atoms with van der Waals surface area (Å²) in [5, 5.41) is 8.53. The van der Waals surface area contributed by atoms with E-state index in [9.17, 15) is 0 Å². The number of aryl methyl sites for hydroxylation is 8. The zero-order chi connectivity index (χ0) is 27.3. The topological polar surface area (TPSA) is 23.8 Å². The fourth-order valence-electron chi connectivity index (χ4n) is 2.53. The molecule has 0 aliphatic carbocycles. The standard InChI is InChI=1S/C9H8N.2C9H11.3C2H6.3Y/c1-7-3-4-9(6-10)8(2)5-7;2*1-7-4-5-8(2)9(3)6-7;3*1-2;;;/h3,5H,1-2H3;2*4,6H,1-3H3;3*1-2H3;;;/q3*-1;;;;;;. The van der Waals surface area contributed by atoms with Gasteiger partial charge in [-0.1, -0.05) is 102 Å². The van der Waals surface area contributed by atoms with E-state index in [1.54, 1.807) is 0 Å². The second kappa shape index (κ2) is 32.7. The summed E-state index contributed by atoms with van der Waals surface area (Å²) in [5.74, 6) is 0. The van der Waals surface area contributed by atoms with Crippen molar-refractivity contribution in [2.75, 3.05) is 0 Å². The fraction of sp³-hybridized carbons (Fsp3) is 0.424. The molecule has 3 aromatic carbocycles. The molecule has 0 spiro atoms. The van der Waals surface area contributed by atoms with Gasteiger partial charge in [-0.25, -0.2) is 0 Å². The first-order valence-corrected chi connectivity index (χ1v) is 12.4. The van der Waals surface area contributed by atoms with E-state index in [1.165, 1.54) is 33.4 Å². The first kappa shape index (κ1) is 50.3. The van der Waals surface area contributed by atoms with Gasteiger partial charge in [-0.3, -0.25) is 5.26 Å². The summed E-state index contributed by atoms with van der Waals surface area (Å²) in [5.41, 5.74) is 10.5. The van der Waals surface area contributed by atoms with Crippen molar-refractivity contribution in [1.29, 1.82) is 5.26 Å². The molecule has 4 heteroatoms. The van der Waals surface area contributed by atoms with E-state index in [0.29, 0.717) is 5.56 Å². The molecule has 37 heavy (non-hydrogen) atoms. The molecule has 0 amide bonds. The number of benzene rings is 3. The van der Waals surface area contributed by atoms with Gasteiger partial charge in [0.2, 0.25) is 0 Å². The number of rotatable bonds is 0. The van der Waals surface area contributed by atoms with Crippen molar-refractivity contribution in [3.8, 4) is 6.07 Å². The first-order chi connectivity index (χ1) is 16.1. The summed E-state index contributed by atoms with van der Waals surface area (Å²) in [6.07, 6.45) is 0. The minimum Gasteiger partial charge on any atom is -0.262 e. The average molecular weight is 725 g/mol. The summed E-state index contributed by atoms with van der Waals surface area (Å²) < 4.78 is 0. The summed E-state index contributed by atoms with van der Waals surface area (Å²) >= 11 is 0. The van der Waals surface area contributed by atoms with Crippen LogP contribution in [0.1, 0.15) is 91.6 Å². The monoisotopic (exact) mass is 725 g/mol. The van der Waals surface area contributed by atoms with Gasteiger partial charge in [0.25, 0.3) is 0 Å². The number of nitrogens with zero attached hydrogens (tertiary/aromatic N) is 1. The molecule has 0 saturated carbocycles. The third-order valence-corrected chi connectivity index (χ3v) is 4.50. The Hall–Kier alpha value is 0.462. The SMILES string of the molecule is CC.CC.CC.Cc1c[c-]c(C#N)c(C)c1.Cc1c[c-]c(C)c(C)c1.Cc1c[c-]c(C)c(C)c1.[Y].[Y].[Y]. The first-order valence-electron chi connectivity index (χ1n) is 12.4. The van der Waals surface area contributed by atoms with Crippen LogP contribution in [0, 0.1) is 84.9 Å². The summed E-state index contributed by atoms with van der Waals surface area (Å²) in [6.45, 7) is 28.5.